The average molecular weight is 290 g/mol. The maximum atomic E-state index is 12.0. The van der Waals surface area contributed by atoms with Crippen LogP contribution < -0.4 is 5.73 Å². The summed E-state index contributed by atoms with van der Waals surface area (Å²) in [6.45, 7) is 1.03. The lowest BCUT2D eigenvalue weighted by Gasteiger charge is -2.38. The minimum absolute atomic E-state index is 0.0956. The molecule has 1 fully saturated rings. The molecule has 18 heavy (non-hydrogen) atoms. The van der Waals surface area contributed by atoms with Gasteiger partial charge in [-0.25, -0.2) is 4.98 Å². The number of hydrogen-bond donors (Lipinski definition) is 1. The maximum absolute atomic E-state index is 12.0. The first-order valence-electron chi connectivity index (χ1n) is 5.78. The zero-order valence-corrected chi connectivity index (χ0v) is 11.7. The van der Waals surface area contributed by atoms with Crippen LogP contribution >= 0.6 is 22.9 Å². The molecule has 1 aromatic rings. The van der Waals surface area contributed by atoms with Crippen molar-refractivity contribution in [2.24, 2.45) is 5.73 Å². The molecule has 0 aromatic carbocycles. The molecule has 7 heteroatoms. The number of nitrogens with two attached hydrogens (primary N) is 1. The number of aromatic nitrogens is 1. The number of carbonyl (C=O) groups excluding carboxylic acids is 1. The van der Waals surface area contributed by atoms with Gasteiger partial charge in [0.1, 0.15) is 9.34 Å². The lowest BCUT2D eigenvalue weighted by Crippen LogP contribution is -2.49. The minimum atomic E-state index is -0.182. The molecule has 1 amide bonds. The minimum Gasteiger partial charge on any atom is -0.383 e. The third kappa shape index (κ3) is 2.83. The first kappa shape index (κ1) is 13.7. The molecule has 0 bridgehead atoms. The van der Waals surface area contributed by atoms with Gasteiger partial charge in [0.15, 0.2) is 0 Å². The van der Waals surface area contributed by atoms with Crippen LogP contribution in [0.2, 0.25) is 4.34 Å². The normalized spacial score (nSPS) is 24.6. The highest BCUT2D eigenvalue weighted by Crippen LogP contribution is 2.34. The van der Waals surface area contributed by atoms with Crippen molar-refractivity contribution in [1.29, 1.82) is 0 Å². The van der Waals surface area contributed by atoms with Gasteiger partial charge in [-0.05, 0) is 6.42 Å². The van der Waals surface area contributed by atoms with Crippen LogP contribution in [-0.4, -0.2) is 42.1 Å². The summed E-state index contributed by atoms with van der Waals surface area (Å²) in [6, 6.07) is -0.277. The van der Waals surface area contributed by atoms with Crippen molar-refractivity contribution in [3.63, 3.8) is 0 Å². The van der Waals surface area contributed by atoms with E-state index in [1.165, 1.54) is 11.3 Å². The smallest absolute Gasteiger partial charge is 0.223 e. The average Bonchev–Trinajstić information content (AvgIpc) is 2.76. The van der Waals surface area contributed by atoms with Crippen molar-refractivity contribution in [1.82, 2.24) is 9.88 Å². The van der Waals surface area contributed by atoms with Gasteiger partial charge in [0, 0.05) is 26.1 Å². The molecule has 2 rings (SSSR count). The molecule has 0 aliphatic carbocycles. The summed E-state index contributed by atoms with van der Waals surface area (Å²) in [5.41, 5.74) is 6.13. The van der Waals surface area contributed by atoms with Crippen molar-refractivity contribution < 1.29 is 9.53 Å². The van der Waals surface area contributed by atoms with Crippen molar-refractivity contribution >= 4 is 28.8 Å². The lowest BCUT2D eigenvalue weighted by atomic mass is 9.97. The first-order valence-corrected chi connectivity index (χ1v) is 6.98. The molecular weight excluding hydrogens is 274 g/mol. The molecule has 1 aromatic heterocycles. The van der Waals surface area contributed by atoms with Crippen molar-refractivity contribution in [3.8, 4) is 0 Å². The summed E-state index contributed by atoms with van der Waals surface area (Å²) in [6.07, 6.45) is 2.77. The Bertz CT molecular complexity index is 426. The second-order valence-corrected chi connectivity index (χ2v) is 5.92. The van der Waals surface area contributed by atoms with E-state index in [4.69, 9.17) is 22.1 Å². The van der Waals surface area contributed by atoms with Gasteiger partial charge in [-0.2, -0.15) is 0 Å². The second kappa shape index (κ2) is 5.97. The Kier molecular flexibility index (Phi) is 4.55. The Morgan fingerprint density at radius 3 is 3.11 bits per heavy atom. The molecule has 5 nitrogen and oxygen atoms in total. The third-order valence-electron chi connectivity index (χ3n) is 3.04. The van der Waals surface area contributed by atoms with Crippen LogP contribution in [0.4, 0.5) is 0 Å². The molecule has 1 aliphatic rings. The van der Waals surface area contributed by atoms with Gasteiger partial charge in [0.2, 0.25) is 5.91 Å². The number of hydrogen-bond acceptors (Lipinski definition) is 5. The van der Waals surface area contributed by atoms with E-state index in [1.807, 2.05) is 0 Å². The van der Waals surface area contributed by atoms with Crippen LogP contribution in [0.3, 0.4) is 0 Å². The highest BCUT2D eigenvalue weighted by atomic mass is 35.5. The van der Waals surface area contributed by atoms with Crippen molar-refractivity contribution in [2.45, 2.75) is 24.9 Å². The van der Waals surface area contributed by atoms with E-state index >= 15 is 0 Å². The van der Waals surface area contributed by atoms with Crippen LogP contribution in [0, 0.1) is 0 Å². The predicted octanol–water partition coefficient (Wildman–Crippen LogP) is 1.43. The number of nitrogens with zero attached hydrogens (tertiary/aromatic N) is 2. The van der Waals surface area contributed by atoms with E-state index in [9.17, 15) is 4.79 Å². The third-order valence-corrected chi connectivity index (χ3v) is 4.22. The number of halogens is 1. The Morgan fingerprint density at radius 2 is 2.50 bits per heavy atom. The summed E-state index contributed by atoms with van der Waals surface area (Å²) >= 11 is 7.28. The summed E-state index contributed by atoms with van der Waals surface area (Å²) in [5.74, 6) is 0.102. The number of piperidine rings is 1. The summed E-state index contributed by atoms with van der Waals surface area (Å²) in [5, 5.41) is 0.802. The van der Waals surface area contributed by atoms with Crippen molar-refractivity contribution in [3.05, 3.63) is 15.5 Å². The fourth-order valence-electron chi connectivity index (χ4n) is 2.15. The van der Waals surface area contributed by atoms with E-state index in [1.54, 1.807) is 18.2 Å². The highest BCUT2D eigenvalue weighted by Gasteiger charge is 2.36. The molecule has 2 unspecified atom stereocenters. The summed E-state index contributed by atoms with van der Waals surface area (Å²) < 4.78 is 5.65. The molecule has 0 spiro atoms. The van der Waals surface area contributed by atoms with Gasteiger partial charge < -0.3 is 15.4 Å². The number of thiazole rings is 1. The van der Waals surface area contributed by atoms with E-state index in [0.717, 1.165) is 5.01 Å². The van der Waals surface area contributed by atoms with E-state index in [-0.39, 0.29) is 18.0 Å². The first-order chi connectivity index (χ1) is 8.63. The zero-order chi connectivity index (χ0) is 13.1. The fraction of sp³-hybridized carbons (Fsp3) is 0.636. The maximum Gasteiger partial charge on any atom is 0.223 e. The van der Waals surface area contributed by atoms with E-state index in [2.05, 4.69) is 4.98 Å². The standard InChI is InChI=1S/C11H16ClN3O2S/c1-17-5-4-15-9(16)3-2-7(13)10(15)11-14-6-8(12)18-11/h6-7,10H,2-5,13H2,1H3. The van der Waals surface area contributed by atoms with Gasteiger partial charge in [-0.1, -0.05) is 11.6 Å². The Morgan fingerprint density at radius 1 is 1.72 bits per heavy atom. The van der Waals surface area contributed by atoms with Crippen LogP contribution in [0.5, 0.6) is 0 Å². The molecule has 2 heterocycles. The Hall–Kier alpha value is -0.690. The zero-order valence-electron chi connectivity index (χ0n) is 10.1. The van der Waals surface area contributed by atoms with Gasteiger partial charge in [-0.15, -0.1) is 11.3 Å². The SMILES string of the molecule is COCCN1C(=O)CCC(N)C1c1ncc(Cl)s1. The molecule has 0 radical (unpaired) electrons. The molecule has 2 atom stereocenters. The van der Waals surface area contributed by atoms with Crippen LogP contribution in [0.25, 0.3) is 0 Å². The molecular formula is C11H16ClN3O2S. The van der Waals surface area contributed by atoms with Gasteiger partial charge >= 0.3 is 0 Å². The topological polar surface area (TPSA) is 68.5 Å². The second-order valence-electron chi connectivity index (χ2n) is 4.23. The summed E-state index contributed by atoms with van der Waals surface area (Å²) in [7, 11) is 1.61. The van der Waals surface area contributed by atoms with Gasteiger partial charge in [-0.3, -0.25) is 4.79 Å². The number of carbonyl (C=O) groups is 1. The quantitative estimate of drug-likeness (QED) is 0.910. The molecule has 100 valence electrons. The van der Waals surface area contributed by atoms with Crippen molar-refractivity contribution in [2.75, 3.05) is 20.3 Å². The largest absolute Gasteiger partial charge is 0.383 e. The molecule has 1 aliphatic heterocycles. The number of methoxy groups -OCH3 is 1. The molecule has 2 N–H and O–H groups in total. The summed E-state index contributed by atoms with van der Waals surface area (Å²) in [4.78, 5) is 18.0. The fourth-order valence-corrected chi connectivity index (χ4v) is 3.27. The van der Waals surface area contributed by atoms with Crippen LogP contribution in [0.1, 0.15) is 23.9 Å². The number of likely N-dealkylation sites (tertiary alicyclic amines) is 1. The molecule has 1 saturated heterocycles. The van der Waals surface area contributed by atoms with Gasteiger partial charge in [0.05, 0.1) is 18.8 Å². The lowest BCUT2D eigenvalue weighted by molar-refractivity contribution is -0.138. The number of amides is 1. The highest BCUT2D eigenvalue weighted by molar-refractivity contribution is 7.15. The Balaban J connectivity index is 2.22. The number of ether oxygens (including phenoxy) is 1. The predicted molar refractivity (Wildman–Crippen MR) is 70.7 cm³/mol. The Labute approximate surface area is 115 Å². The monoisotopic (exact) mass is 289 g/mol. The van der Waals surface area contributed by atoms with E-state index < -0.39 is 0 Å². The number of rotatable bonds is 4. The van der Waals surface area contributed by atoms with E-state index in [0.29, 0.717) is 30.3 Å². The van der Waals surface area contributed by atoms with Crippen LogP contribution in [0.15, 0.2) is 6.20 Å². The molecule has 0 saturated carbocycles. The van der Waals surface area contributed by atoms with Gasteiger partial charge in [0.25, 0.3) is 0 Å². The van der Waals surface area contributed by atoms with Crippen LogP contribution in [-0.2, 0) is 9.53 Å².